The van der Waals surface area contributed by atoms with E-state index in [1.807, 2.05) is 0 Å². The fourth-order valence-corrected chi connectivity index (χ4v) is 20.1. The summed E-state index contributed by atoms with van der Waals surface area (Å²) in [5, 5.41) is 0. The lowest BCUT2D eigenvalue weighted by molar-refractivity contribution is -0.363. The Morgan fingerprint density at radius 3 is 1.35 bits per heavy atom. The molecule has 4 aliphatic heterocycles. The highest BCUT2D eigenvalue weighted by molar-refractivity contribution is 5.80. The molecule has 0 spiro atoms. The van der Waals surface area contributed by atoms with Crippen molar-refractivity contribution in [1.82, 2.24) is 0 Å². The van der Waals surface area contributed by atoms with E-state index in [1.54, 1.807) is 0 Å². The van der Waals surface area contributed by atoms with Crippen LogP contribution in [0.1, 0.15) is 203 Å². The van der Waals surface area contributed by atoms with Gasteiger partial charge in [0.05, 0.1) is 31.3 Å². The lowest BCUT2D eigenvalue weighted by Crippen LogP contribution is -2.67. The van der Waals surface area contributed by atoms with E-state index in [2.05, 4.69) is 54.5 Å². The third kappa shape index (κ3) is 19.0. The van der Waals surface area contributed by atoms with Gasteiger partial charge in [-0.15, -0.1) is 0 Å². The van der Waals surface area contributed by atoms with E-state index in [1.165, 1.54) is 6.92 Å². The highest BCUT2D eigenvalue weighted by atomic mass is 16.8. The zero-order chi connectivity index (χ0) is 84.6. The van der Waals surface area contributed by atoms with Gasteiger partial charge in [-0.1, -0.05) is 60.1 Å². The molecule has 0 bridgehead atoms. The van der Waals surface area contributed by atoms with Crippen molar-refractivity contribution in [3.63, 3.8) is 0 Å². The van der Waals surface area contributed by atoms with Crippen molar-refractivity contribution in [2.75, 3.05) is 20.3 Å². The summed E-state index contributed by atoms with van der Waals surface area (Å²) in [6.45, 7) is 28.0. The maximum atomic E-state index is 16.2. The molecule has 0 radical (unpaired) electrons. The summed E-state index contributed by atoms with van der Waals surface area (Å²) >= 11 is 0. The minimum Gasteiger partial charge on any atom is -0.467 e. The second-order valence-electron chi connectivity index (χ2n) is 33.6. The van der Waals surface area contributed by atoms with Gasteiger partial charge in [-0.05, 0) is 116 Å². The molecule has 4 saturated carbocycles. The molecule has 8 fully saturated rings. The molecule has 35 nitrogen and oxygen atoms in total. The van der Waals surface area contributed by atoms with E-state index in [0.717, 1.165) is 109 Å². The minimum absolute atomic E-state index is 0.00501. The van der Waals surface area contributed by atoms with Crippen LogP contribution in [-0.2, 0) is 167 Å². The molecule has 0 aromatic heterocycles. The number of hydrogen-bond donors (Lipinski definition) is 0. The van der Waals surface area contributed by atoms with E-state index >= 15 is 4.79 Å². The molecule has 9 aliphatic rings. The zero-order valence-electron chi connectivity index (χ0n) is 68.7. The van der Waals surface area contributed by atoms with Crippen molar-refractivity contribution in [2.24, 2.45) is 50.2 Å². The van der Waals surface area contributed by atoms with E-state index in [4.69, 9.17) is 99.5 Å². The van der Waals surface area contributed by atoms with Crippen LogP contribution in [-0.4, -0.2) is 233 Å². The molecule has 5 aliphatic carbocycles. The Kier molecular flexibility index (Phi) is 28.0. The summed E-state index contributed by atoms with van der Waals surface area (Å²) in [6, 6.07) is 0. The van der Waals surface area contributed by atoms with Crippen molar-refractivity contribution in [2.45, 2.75) is 332 Å². The van der Waals surface area contributed by atoms with Crippen molar-refractivity contribution in [3.05, 3.63) is 11.6 Å². The summed E-state index contributed by atoms with van der Waals surface area (Å²) < 4.78 is 126. The molecule has 4 heterocycles. The molecule has 114 heavy (non-hydrogen) atoms. The van der Waals surface area contributed by atoms with Gasteiger partial charge in [0.2, 0.25) is 12.4 Å². The van der Waals surface area contributed by atoms with Crippen LogP contribution >= 0.6 is 0 Å². The van der Waals surface area contributed by atoms with Crippen LogP contribution in [0.5, 0.6) is 0 Å². The van der Waals surface area contributed by atoms with Gasteiger partial charge in [0.15, 0.2) is 86.0 Å². The van der Waals surface area contributed by atoms with Crippen LogP contribution in [0.3, 0.4) is 0 Å². The number of carbonyl (C=O) groups excluding carboxylic acids is 14. The summed E-state index contributed by atoms with van der Waals surface area (Å²) in [7, 11) is 1.11. The van der Waals surface area contributed by atoms with Gasteiger partial charge >= 0.3 is 83.6 Å². The number of methoxy groups -OCH3 is 1. The summed E-state index contributed by atoms with van der Waals surface area (Å²) in [6.07, 6.45) is -26.7. The lowest BCUT2D eigenvalue weighted by Gasteiger charge is -2.71. The second kappa shape index (κ2) is 35.5. The molecule has 35 heteroatoms. The Bertz CT molecular complexity index is 3700. The summed E-state index contributed by atoms with van der Waals surface area (Å²) in [5.74, 6) is -13.0. The average Bonchev–Trinajstić information content (AvgIpc) is 0.674. The number of fused-ring (bicyclic) bond motifs is 7. The molecule has 9 rings (SSSR count). The Labute approximate surface area is 661 Å². The van der Waals surface area contributed by atoms with Crippen molar-refractivity contribution in [3.8, 4) is 0 Å². The molecule has 28 atom stereocenters. The van der Waals surface area contributed by atoms with Crippen LogP contribution in [0.4, 0.5) is 0 Å². The molecular weight excluding hydrogens is 1510 g/mol. The largest absolute Gasteiger partial charge is 0.467 e. The Morgan fingerprint density at radius 1 is 0.404 bits per heavy atom. The van der Waals surface area contributed by atoms with Gasteiger partial charge in [-0.2, -0.15) is 0 Å². The number of allylic oxidation sites excluding steroid dienone is 2. The molecule has 0 aromatic rings. The van der Waals surface area contributed by atoms with Gasteiger partial charge in [0.25, 0.3) is 0 Å². The molecule has 638 valence electrons. The van der Waals surface area contributed by atoms with Crippen LogP contribution < -0.4 is 0 Å². The lowest BCUT2D eigenvalue weighted by atomic mass is 9.33. The van der Waals surface area contributed by atoms with Crippen molar-refractivity contribution in [1.29, 1.82) is 0 Å². The predicted octanol–water partition coefficient (Wildman–Crippen LogP) is 6.02. The van der Waals surface area contributed by atoms with E-state index in [-0.39, 0.29) is 28.1 Å². The Morgan fingerprint density at radius 2 is 0.833 bits per heavy atom. The SMILES string of the molecule is COC(=O)[C@H]1O[C@@H](O[C@H]2CC[C@]3(C)[C@H]4CC=C5[C@@H]6CC(C)(C)CC[C@]6(C(=O)O[C@@H]6O[C@H](CO[C@@H]7O[C@H](COC(C)=O)[C@@H](O[C@@H]8O[C@@H](C)[C@H](OC(C)=O)[C@@H](OC(C)=O)[C@H]8OC(C)=O)[C@H](OC(C)=O)[C@H]7OC(C)=O)[C@@H](OC(C)=O)[C@H](OC(C)=O)[C@H]6OC(C)=O)CC[C@@]5(C)[C@]4(C)CC[C@H]3C2(C)C)[C@H](OC(C)=O)[C@@H](OC(C)=O)[C@@H]1OC(C)=O. The second-order valence-corrected chi connectivity index (χ2v) is 33.6. The number of ether oxygens (including phenoxy) is 21. The number of carbonyl (C=O) groups is 14. The standard InChI is InChI=1S/C79H112O35/c1-35-55(98-37(3)81)58(100-39(5)83)65(106-45(11)89)70(97-35)112-57-50(33-95-36(2)80)109-69(64(105-44(10)88)60(57)102-41(7)85)96-34-51-56(99-38(4)82)59(101-40(6)84)66(107-46(12)90)71(110-51)114-73(93)79-30-28-74(14,15)32-49(79)48-22-23-53-76(18)26-25-54(75(16,17)52(76)24-27-78(53,20)77(48,19)29-31-79)111-72-67(108-47(13)91)62(104-43(9)87)61(103-42(8)86)63(113-72)68(92)94-21/h22,35,49-67,69-72H,23-34H2,1-21H3/t35-,49-,50+,51+,52-,53+,54-,55-,56+,57+,58+,59-,60-,61-,62-,63-,64+,65+,66+,67+,69+,70-,71-,72+,76-,77+,78+,79-/m0/s1. The maximum absolute atomic E-state index is 16.2. The van der Waals surface area contributed by atoms with Crippen LogP contribution in [0.15, 0.2) is 11.6 Å². The van der Waals surface area contributed by atoms with Crippen LogP contribution in [0, 0.1) is 50.2 Å². The fraction of sp³-hybridized carbons (Fsp3) is 0.797. The predicted molar refractivity (Wildman–Crippen MR) is 381 cm³/mol. The first-order valence-electron chi connectivity index (χ1n) is 38.7. The number of rotatable bonds is 23. The quantitative estimate of drug-likeness (QED) is 0.0488. The van der Waals surface area contributed by atoms with Crippen molar-refractivity contribution >= 4 is 83.6 Å². The third-order valence-corrected chi connectivity index (χ3v) is 24.8. The van der Waals surface area contributed by atoms with Gasteiger partial charge in [-0.3, -0.25) is 62.3 Å². The van der Waals surface area contributed by atoms with Gasteiger partial charge in [0, 0.05) is 83.1 Å². The molecule has 0 amide bonds. The summed E-state index contributed by atoms with van der Waals surface area (Å²) in [5.41, 5.74) is -2.36. The normalized spacial score (nSPS) is 39.1. The van der Waals surface area contributed by atoms with Gasteiger partial charge < -0.3 is 99.5 Å². The van der Waals surface area contributed by atoms with Crippen molar-refractivity contribution < 1.29 is 167 Å². The van der Waals surface area contributed by atoms with E-state index in [9.17, 15) is 62.3 Å². The first-order valence-corrected chi connectivity index (χ1v) is 38.7. The zero-order valence-corrected chi connectivity index (χ0v) is 68.7. The van der Waals surface area contributed by atoms with Crippen LogP contribution in [0.2, 0.25) is 0 Å². The molecular formula is C79H112O35. The maximum Gasteiger partial charge on any atom is 0.339 e. The topological polar surface area (TPSA) is 433 Å². The highest BCUT2D eigenvalue weighted by Crippen LogP contribution is 2.76. The molecule has 0 N–H and O–H groups in total. The Hall–Kier alpha value is -7.96. The minimum atomic E-state index is -1.97. The first kappa shape index (κ1) is 90.0. The highest BCUT2D eigenvalue weighted by Gasteiger charge is 2.71. The number of esters is 14. The van der Waals surface area contributed by atoms with E-state index < -0.39 is 248 Å². The molecule has 4 saturated heterocycles. The number of hydrogen-bond acceptors (Lipinski definition) is 35. The molecule has 0 unspecified atom stereocenters. The third-order valence-electron chi connectivity index (χ3n) is 24.8. The van der Waals surface area contributed by atoms with E-state index in [0.29, 0.717) is 51.4 Å². The summed E-state index contributed by atoms with van der Waals surface area (Å²) in [4.78, 5) is 185. The fourth-order valence-electron chi connectivity index (χ4n) is 20.1. The average molecular weight is 1620 g/mol. The van der Waals surface area contributed by atoms with Crippen LogP contribution in [0.25, 0.3) is 0 Å². The smallest absolute Gasteiger partial charge is 0.339 e. The first-order chi connectivity index (χ1) is 53.1. The monoisotopic (exact) mass is 1620 g/mol. The van der Waals surface area contributed by atoms with Gasteiger partial charge in [-0.25, -0.2) is 4.79 Å². The van der Waals surface area contributed by atoms with Gasteiger partial charge in [0.1, 0.15) is 24.9 Å². The molecule has 0 aromatic carbocycles. The Balaban J connectivity index is 1.03.